The number of aliphatic hydroxyl groups excluding tert-OH is 1. The van der Waals surface area contributed by atoms with Crippen molar-refractivity contribution in [3.05, 3.63) is 59.8 Å². The molecule has 2 saturated heterocycles. The Bertz CT molecular complexity index is 1810. The first-order chi connectivity index (χ1) is 21.8. The Morgan fingerprint density at radius 3 is 2.48 bits per heavy atom. The highest BCUT2D eigenvalue weighted by atomic mass is 32.2. The quantitative estimate of drug-likeness (QED) is 0.175. The molecule has 0 radical (unpaired) electrons. The van der Waals surface area contributed by atoms with Crippen molar-refractivity contribution in [2.75, 3.05) is 32.3 Å². The number of aromatic nitrogens is 4. The molecule has 11 nitrogen and oxygen atoms in total. The molecule has 2 aliphatic heterocycles. The zero-order chi connectivity index (χ0) is 32.6. The molecule has 1 unspecified atom stereocenters. The summed E-state index contributed by atoms with van der Waals surface area (Å²) < 4.78 is 42.1. The van der Waals surface area contributed by atoms with Crippen LogP contribution >= 0.6 is 0 Å². The first-order valence-electron chi connectivity index (χ1n) is 15.6. The van der Waals surface area contributed by atoms with Gasteiger partial charge in [-0.2, -0.15) is 24.6 Å². The van der Waals surface area contributed by atoms with Crippen LogP contribution in [0, 0.1) is 6.92 Å². The number of rotatable bonds is 11. The molecule has 46 heavy (non-hydrogen) atoms. The van der Waals surface area contributed by atoms with Gasteiger partial charge in [0.15, 0.2) is 11.8 Å². The van der Waals surface area contributed by atoms with E-state index in [0.29, 0.717) is 36.9 Å². The summed E-state index contributed by atoms with van der Waals surface area (Å²) in [4.78, 5) is 14.5. The average Bonchev–Trinajstić information content (AvgIpc) is 3.68. The van der Waals surface area contributed by atoms with E-state index in [2.05, 4.69) is 29.0 Å². The van der Waals surface area contributed by atoms with Gasteiger partial charge in [-0.1, -0.05) is 30.3 Å². The van der Waals surface area contributed by atoms with Crippen molar-refractivity contribution in [1.29, 1.82) is 0 Å². The highest BCUT2D eigenvalue weighted by Gasteiger charge is 2.49. The van der Waals surface area contributed by atoms with Crippen molar-refractivity contribution < 1.29 is 28.3 Å². The fraction of sp³-hybridized carbons (Fsp3) is 0.485. The minimum absolute atomic E-state index is 0.230. The smallest absolute Gasteiger partial charge is 0.301 e. The summed E-state index contributed by atoms with van der Waals surface area (Å²) in [5.41, 5.74) is 6.91. The SMILES string of the molecule is Cc1cc2nc(O[C@@H]3CO[C@@H]4C(O)CO[C@@H]43)n(COCC[Si-](C)(C)C)c2nc1-c1ccc(-c2ccc(CN=S(C)(C)=O)cn2)cc1. The Hall–Kier alpha value is -3.20. The van der Waals surface area contributed by atoms with E-state index in [4.69, 9.17) is 28.9 Å². The lowest BCUT2D eigenvalue weighted by molar-refractivity contribution is 0.00336. The summed E-state index contributed by atoms with van der Waals surface area (Å²) in [6.07, 6.45) is 3.24. The maximum absolute atomic E-state index is 11.9. The van der Waals surface area contributed by atoms with Gasteiger partial charge in [0.25, 0.3) is 0 Å². The van der Waals surface area contributed by atoms with E-state index in [1.54, 1.807) is 18.7 Å². The van der Waals surface area contributed by atoms with E-state index in [1.165, 1.54) is 0 Å². The molecule has 4 atom stereocenters. The van der Waals surface area contributed by atoms with Gasteiger partial charge >= 0.3 is 6.01 Å². The van der Waals surface area contributed by atoms with Gasteiger partial charge in [-0.05, 0) is 30.2 Å². The van der Waals surface area contributed by atoms with Crippen LogP contribution in [0.15, 0.2) is 53.0 Å². The number of aryl methyl sites for hydroxylation is 1. The van der Waals surface area contributed by atoms with Crippen LogP contribution in [0.1, 0.15) is 11.1 Å². The molecule has 0 spiro atoms. The number of imidazole rings is 1. The predicted molar refractivity (Wildman–Crippen MR) is 181 cm³/mol. The summed E-state index contributed by atoms with van der Waals surface area (Å²) in [5.74, 6) is 0. The van der Waals surface area contributed by atoms with Crippen LogP contribution in [0.5, 0.6) is 6.01 Å². The molecule has 13 heteroatoms. The number of hydrogen-bond acceptors (Lipinski definition) is 10. The number of ether oxygens (including phenoxy) is 4. The molecular weight excluding hydrogens is 623 g/mol. The molecule has 0 aliphatic carbocycles. The highest BCUT2D eigenvalue weighted by Crippen LogP contribution is 2.33. The Morgan fingerprint density at radius 1 is 1.04 bits per heavy atom. The molecule has 2 fully saturated rings. The molecule has 4 aromatic rings. The molecule has 1 N–H and O–H groups in total. The Balaban J connectivity index is 1.27. The van der Waals surface area contributed by atoms with E-state index < -0.39 is 36.1 Å². The van der Waals surface area contributed by atoms with Crippen LogP contribution in [0.2, 0.25) is 25.7 Å². The number of hydrogen-bond donors (Lipinski definition) is 1. The molecule has 3 aromatic heterocycles. The zero-order valence-corrected chi connectivity index (χ0v) is 29.1. The van der Waals surface area contributed by atoms with Gasteiger partial charge in [-0.3, -0.25) is 13.8 Å². The van der Waals surface area contributed by atoms with Crippen molar-refractivity contribution in [3.8, 4) is 28.5 Å². The molecular formula is C33H43N5O6SSi-. The summed E-state index contributed by atoms with van der Waals surface area (Å²) >= 11 is 0. The predicted octanol–water partition coefficient (Wildman–Crippen LogP) is 4.91. The van der Waals surface area contributed by atoms with E-state index in [0.717, 1.165) is 39.7 Å². The normalized spacial score (nSPS) is 21.5. The van der Waals surface area contributed by atoms with Crippen LogP contribution < -0.4 is 4.74 Å². The van der Waals surface area contributed by atoms with Crippen molar-refractivity contribution in [2.24, 2.45) is 4.36 Å². The fourth-order valence-electron chi connectivity index (χ4n) is 5.56. The van der Waals surface area contributed by atoms with E-state index in [1.807, 2.05) is 54.0 Å². The van der Waals surface area contributed by atoms with E-state index in [9.17, 15) is 9.32 Å². The summed E-state index contributed by atoms with van der Waals surface area (Å²) in [6.45, 7) is 10.8. The van der Waals surface area contributed by atoms with Gasteiger partial charge in [0.2, 0.25) is 0 Å². The molecule has 5 heterocycles. The van der Waals surface area contributed by atoms with Crippen molar-refractivity contribution >= 4 is 29.0 Å². The first kappa shape index (κ1) is 32.7. The van der Waals surface area contributed by atoms with Gasteiger partial charge in [0.1, 0.15) is 30.6 Å². The first-order valence-corrected chi connectivity index (χ1v) is 21.6. The van der Waals surface area contributed by atoms with Crippen LogP contribution in [-0.2, 0) is 37.2 Å². The van der Waals surface area contributed by atoms with Gasteiger partial charge in [-0.15, -0.1) is 14.1 Å². The fourth-order valence-corrected chi connectivity index (χ4v) is 6.77. The third kappa shape index (κ3) is 7.50. The van der Waals surface area contributed by atoms with Crippen molar-refractivity contribution in [2.45, 2.75) is 70.3 Å². The molecule has 6 rings (SSSR count). The van der Waals surface area contributed by atoms with Gasteiger partial charge in [0, 0.05) is 46.2 Å². The van der Waals surface area contributed by atoms with Crippen LogP contribution in [-0.4, -0.2) is 93.7 Å². The molecule has 0 bridgehead atoms. The van der Waals surface area contributed by atoms with E-state index >= 15 is 0 Å². The van der Waals surface area contributed by atoms with Crippen LogP contribution in [0.25, 0.3) is 33.7 Å². The zero-order valence-electron chi connectivity index (χ0n) is 27.3. The Morgan fingerprint density at radius 2 is 1.78 bits per heavy atom. The topological polar surface area (TPSA) is 130 Å². The number of fused-ring (bicyclic) bond motifs is 2. The number of pyridine rings is 2. The van der Waals surface area contributed by atoms with Gasteiger partial charge < -0.3 is 24.1 Å². The van der Waals surface area contributed by atoms with Crippen LogP contribution in [0.3, 0.4) is 0 Å². The number of nitrogens with zero attached hydrogens (tertiary/aromatic N) is 5. The monoisotopic (exact) mass is 665 g/mol. The molecule has 0 amide bonds. The Kier molecular flexibility index (Phi) is 9.34. The minimum Gasteiger partial charge on any atom is -0.456 e. The van der Waals surface area contributed by atoms with E-state index in [-0.39, 0.29) is 19.4 Å². The van der Waals surface area contributed by atoms with Crippen LogP contribution in [0.4, 0.5) is 0 Å². The molecule has 247 valence electrons. The minimum atomic E-state index is -2.15. The Labute approximate surface area is 271 Å². The highest BCUT2D eigenvalue weighted by molar-refractivity contribution is 7.92. The lowest BCUT2D eigenvalue weighted by Crippen LogP contribution is -2.35. The second kappa shape index (κ2) is 13.1. The maximum atomic E-state index is 11.9. The van der Waals surface area contributed by atoms with Crippen molar-refractivity contribution in [3.63, 3.8) is 0 Å². The third-order valence-corrected chi connectivity index (χ3v) is 10.6. The summed E-state index contributed by atoms with van der Waals surface area (Å²) in [5, 5.41) is 10.2. The molecule has 1 aromatic carbocycles. The average molecular weight is 666 g/mol. The number of aliphatic hydroxyl groups is 1. The largest absolute Gasteiger partial charge is 0.456 e. The maximum Gasteiger partial charge on any atom is 0.301 e. The van der Waals surface area contributed by atoms with Gasteiger partial charge in [-0.25, -0.2) is 9.35 Å². The van der Waals surface area contributed by atoms with Gasteiger partial charge in [0.05, 0.1) is 31.1 Å². The second-order valence-corrected chi connectivity index (χ2v) is 21.8. The number of benzene rings is 1. The lowest BCUT2D eigenvalue weighted by atomic mass is 10.0. The third-order valence-electron chi connectivity index (χ3n) is 8.17. The molecule has 0 saturated carbocycles. The summed E-state index contributed by atoms with van der Waals surface area (Å²) in [7, 11) is -3.43. The lowest BCUT2D eigenvalue weighted by Gasteiger charge is -2.26. The standard InChI is InChI=1S/C33H43N5O6SSi/c1-21-15-26-32(37-29(21)24-10-8-23(9-11-24)25-12-7-22(16-34-25)17-35-45(2,3)40)38(20-41-13-14-46(4,5)6)33(36-26)44-28-19-43-30-27(39)18-42-31(28)30/h7-12,15-16,27-28,30-31,39H,13-14,17-20H2,1-6H3/q-1/t27?,28-,30-,31-/m1/s1. The summed E-state index contributed by atoms with van der Waals surface area (Å²) in [6, 6.07) is 15.6. The van der Waals surface area contributed by atoms with Crippen molar-refractivity contribution in [1.82, 2.24) is 19.5 Å². The molecule has 2 aliphatic rings. The second-order valence-electron chi connectivity index (χ2n) is 13.6.